The van der Waals surface area contributed by atoms with Crippen LogP contribution in [0.2, 0.25) is 0 Å². The van der Waals surface area contributed by atoms with Crippen LogP contribution < -0.4 is 0 Å². The fraction of sp³-hybridized carbons (Fsp3) is 0.923. The van der Waals surface area contributed by atoms with Gasteiger partial charge in [0, 0.05) is 6.42 Å². The summed E-state index contributed by atoms with van der Waals surface area (Å²) in [6.45, 7) is 7.61. The Bertz CT molecular complexity index is 526. The molecule has 0 rings (SSSR count). The molecule has 0 spiro atoms. The number of hydrogen-bond acceptors (Lipinski definition) is 2. The van der Waals surface area contributed by atoms with Crippen molar-refractivity contribution in [1.29, 1.82) is 0 Å². The molecule has 1 unspecified atom stereocenters. The van der Waals surface area contributed by atoms with E-state index in [1.54, 1.807) is 0 Å². The molecular formula is C39H76O2. The Labute approximate surface area is 259 Å². The molecule has 0 radical (unpaired) electrons. The molecule has 2 heteroatoms. The number of esters is 1. The number of rotatable bonds is 34. The average molecular weight is 577 g/mol. The summed E-state index contributed by atoms with van der Waals surface area (Å²) >= 11 is 0. The lowest BCUT2D eigenvalue weighted by atomic mass is 9.99. The van der Waals surface area contributed by atoms with Crippen molar-refractivity contribution in [2.24, 2.45) is 5.92 Å². The third-order valence-corrected chi connectivity index (χ3v) is 8.94. The highest BCUT2D eigenvalue weighted by atomic mass is 16.5. The van der Waals surface area contributed by atoms with E-state index < -0.39 is 0 Å². The molecular weight excluding hydrogens is 500 g/mol. The largest absolute Gasteiger partial charge is 0.466 e. The molecule has 0 amide bonds. The first kappa shape index (κ1) is 40.2. The Balaban J connectivity index is 3.19. The van der Waals surface area contributed by atoms with E-state index in [2.05, 4.69) is 32.9 Å². The molecule has 0 fully saturated rings. The average Bonchev–Trinajstić information content (AvgIpc) is 2.98. The van der Waals surface area contributed by atoms with Crippen molar-refractivity contribution in [2.75, 3.05) is 6.61 Å². The minimum absolute atomic E-state index is 0.0178. The van der Waals surface area contributed by atoms with Crippen LogP contribution in [0.4, 0.5) is 0 Å². The van der Waals surface area contributed by atoms with E-state index in [-0.39, 0.29) is 5.97 Å². The van der Waals surface area contributed by atoms with E-state index in [1.807, 2.05) is 0 Å². The highest BCUT2D eigenvalue weighted by Crippen LogP contribution is 2.16. The second-order valence-electron chi connectivity index (χ2n) is 13.2. The van der Waals surface area contributed by atoms with Crippen LogP contribution in [0.5, 0.6) is 0 Å². The zero-order valence-corrected chi connectivity index (χ0v) is 28.7. The van der Waals surface area contributed by atoms with Crippen LogP contribution >= 0.6 is 0 Å². The van der Waals surface area contributed by atoms with Crippen molar-refractivity contribution in [1.82, 2.24) is 0 Å². The molecule has 0 aromatic rings. The standard InChI is InChI=1S/C39H76O2/c1-4-6-7-8-9-10-11-12-14-18-21-24-27-30-33-36-39(40)41-37-34-31-28-25-22-19-16-13-15-17-20-23-26-29-32-35-38(3)5-2/h12,14,38H,4-11,13,15-37H2,1-3H3/b14-12-. The zero-order valence-electron chi connectivity index (χ0n) is 28.7. The quantitative estimate of drug-likeness (QED) is 0.0432. The van der Waals surface area contributed by atoms with Gasteiger partial charge in [0.2, 0.25) is 0 Å². The molecule has 0 aliphatic carbocycles. The van der Waals surface area contributed by atoms with Crippen LogP contribution in [0, 0.1) is 5.92 Å². The van der Waals surface area contributed by atoms with E-state index >= 15 is 0 Å². The Morgan fingerprint density at radius 2 is 0.902 bits per heavy atom. The molecule has 2 nitrogen and oxygen atoms in total. The number of carbonyl (C=O) groups is 1. The lowest BCUT2D eigenvalue weighted by Gasteiger charge is -2.07. The predicted molar refractivity (Wildman–Crippen MR) is 184 cm³/mol. The van der Waals surface area contributed by atoms with Crippen LogP contribution in [-0.4, -0.2) is 12.6 Å². The van der Waals surface area contributed by atoms with Gasteiger partial charge in [0.15, 0.2) is 0 Å². The molecule has 0 aromatic carbocycles. The van der Waals surface area contributed by atoms with Crippen molar-refractivity contribution >= 4 is 5.97 Å². The lowest BCUT2D eigenvalue weighted by Crippen LogP contribution is -2.05. The molecule has 41 heavy (non-hydrogen) atoms. The van der Waals surface area contributed by atoms with Gasteiger partial charge in [0.05, 0.1) is 6.61 Å². The SMILES string of the molecule is CCCCCCCC/C=C\CCCCCCCC(=O)OCCCCCCCCCCCCCCCCCC(C)CC. The van der Waals surface area contributed by atoms with Gasteiger partial charge in [-0.1, -0.05) is 187 Å². The summed E-state index contributed by atoms with van der Waals surface area (Å²) in [7, 11) is 0. The molecule has 0 aromatic heterocycles. The molecule has 0 saturated carbocycles. The van der Waals surface area contributed by atoms with Crippen molar-refractivity contribution in [3.8, 4) is 0 Å². The van der Waals surface area contributed by atoms with Crippen molar-refractivity contribution < 1.29 is 9.53 Å². The van der Waals surface area contributed by atoms with E-state index in [0.29, 0.717) is 13.0 Å². The molecule has 0 bridgehead atoms. The number of ether oxygens (including phenoxy) is 1. The Morgan fingerprint density at radius 3 is 1.37 bits per heavy atom. The molecule has 244 valence electrons. The smallest absolute Gasteiger partial charge is 0.305 e. The predicted octanol–water partition coefficient (Wildman–Crippen LogP) is 13.9. The Hall–Kier alpha value is -0.790. The number of hydrogen-bond donors (Lipinski definition) is 0. The summed E-state index contributed by atoms with van der Waals surface area (Å²) in [5, 5.41) is 0. The van der Waals surface area contributed by atoms with Gasteiger partial charge in [-0.05, 0) is 44.4 Å². The minimum atomic E-state index is 0.0178. The van der Waals surface area contributed by atoms with Crippen LogP contribution in [0.15, 0.2) is 12.2 Å². The first-order chi connectivity index (χ1) is 20.2. The molecule has 1 atom stereocenters. The van der Waals surface area contributed by atoms with Crippen molar-refractivity contribution in [3.63, 3.8) is 0 Å². The van der Waals surface area contributed by atoms with Gasteiger partial charge in [-0.3, -0.25) is 4.79 Å². The lowest BCUT2D eigenvalue weighted by molar-refractivity contribution is -0.143. The monoisotopic (exact) mass is 577 g/mol. The zero-order chi connectivity index (χ0) is 29.9. The number of unbranched alkanes of at least 4 members (excludes halogenated alkanes) is 25. The van der Waals surface area contributed by atoms with Crippen molar-refractivity contribution in [3.05, 3.63) is 12.2 Å². The summed E-state index contributed by atoms with van der Waals surface area (Å²) in [5.41, 5.74) is 0. The molecule has 0 aliphatic heterocycles. The fourth-order valence-electron chi connectivity index (χ4n) is 5.70. The van der Waals surface area contributed by atoms with E-state index in [4.69, 9.17) is 4.74 Å². The van der Waals surface area contributed by atoms with Crippen LogP contribution in [0.1, 0.15) is 220 Å². The van der Waals surface area contributed by atoms with E-state index in [1.165, 1.54) is 173 Å². The van der Waals surface area contributed by atoms with Crippen molar-refractivity contribution in [2.45, 2.75) is 220 Å². The topological polar surface area (TPSA) is 26.3 Å². The second kappa shape index (κ2) is 35.4. The number of allylic oxidation sites excluding steroid dienone is 2. The molecule has 0 N–H and O–H groups in total. The summed E-state index contributed by atoms with van der Waals surface area (Å²) in [4.78, 5) is 11.9. The third kappa shape index (κ3) is 35.3. The number of carbonyl (C=O) groups excluding carboxylic acids is 1. The highest BCUT2D eigenvalue weighted by molar-refractivity contribution is 5.69. The minimum Gasteiger partial charge on any atom is -0.466 e. The van der Waals surface area contributed by atoms with Crippen LogP contribution in [0.25, 0.3) is 0 Å². The summed E-state index contributed by atoms with van der Waals surface area (Å²) in [6.07, 6.45) is 45.6. The maximum Gasteiger partial charge on any atom is 0.305 e. The molecule has 0 heterocycles. The first-order valence-corrected chi connectivity index (χ1v) is 19.0. The Morgan fingerprint density at radius 1 is 0.512 bits per heavy atom. The van der Waals surface area contributed by atoms with Gasteiger partial charge in [-0.15, -0.1) is 0 Å². The maximum absolute atomic E-state index is 11.9. The van der Waals surface area contributed by atoms with Crippen LogP contribution in [-0.2, 0) is 9.53 Å². The summed E-state index contributed by atoms with van der Waals surface area (Å²) in [6, 6.07) is 0. The van der Waals surface area contributed by atoms with Gasteiger partial charge < -0.3 is 4.74 Å². The van der Waals surface area contributed by atoms with Gasteiger partial charge in [-0.25, -0.2) is 0 Å². The van der Waals surface area contributed by atoms with Crippen LogP contribution in [0.3, 0.4) is 0 Å². The summed E-state index contributed by atoms with van der Waals surface area (Å²) in [5.74, 6) is 0.945. The molecule has 0 saturated heterocycles. The fourth-order valence-corrected chi connectivity index (χ4v) is 5.70. The van der Waals surface area contributed by atoms with E-state index in [9.17, 15) is 4.79 Å². The van der Waals surface area contributed by atoms with E-state index in [0.717, 1.165) is 25.2 Å². The van der Waals surface area contributed by atoms with Gasteiger partial charge >= 0.3 is 5.97 Å². The Kier molecular flexibility index (Phi) is 34.7. The van der Waals surface area contributed by atoms with Gasteiger partial charge in [0.25, 0.3) is 0 Å². The molecule has 0 aliphatic rings. The normalized spacial score (nSPS) is 12.4. The van der Waals surface area contributed by atoms with Gasteiger partial charge in [0.1, 0.15) is 0 Å². The summed E-state index contributed by atoms with van der Waals surface area (Å²) < 4.78 is 5.45. The maximum atomic E-state index is 11.9. The second-order valence-corrected chi connectivity index (χ2v) is 13.2. The first-order valence-electron chi connectivity index (χ1n) is 19.0. The van der Waals surface area contributed by atoms with Gasteiger partial charge in [-0.2, -0.15) is 0 Å². The third-order valence-electron chi connectivity index (χ3n) is 8.94. The highest BCUT2D eigenvalue weighted by Gasteiger charge is 2.03.